The van der Waals surface area contributed by atoms with Gasteiger partial charge in [-0.3, -0.25) is 33.6 Å². The van der Waals surface area contributed by atoms with Crippen LogP contribution in [0.2, 0.25) is 0 Å². The molecule has 0 aliphatic carbocycles. The first-order chi connectivity index (χ1) is 40.4. The Morgan fingerprint density at radius 3 is 2.25 bits per heavy atom. The standard InChI is InChI=1S/C60H78N16O7S/c1-37(39-17-19-40(20-18-39)54-38(2)64-36-84-54)65-57(80)47-31-43(77)34-76(47)59(82)55(60(3,4)5)68-50(78)15-10-9-11-16-51(79)75-25-23-41(24-26-75)73-27-29-74(30-28-73)42-21-22-48(62-33-42)67-49-32-46(52(70-69-49)58(81)61-6)66-45-14-12-13-44(53(45)83-8)56-63-35-72(7)71-56/h12-14,17-22,32-33,35-37,41,43,47,55,77H,9-11,15-16,23-31,34H2,1-8H3,(H,61,81)(H,65,80)(H,68,78)(H2,62,66,67,69)/t37-,43+,47?,55?/m0/s1. The number of carbonyl (C=O) groups is 5. The third-order valence-corrected chi connectivity index (χ3v) is 16.9. The van der Waals surface area contributed by atoms with Crippen molar-refractivity contribution in [3.8, 4) is 27.6 Å². The molecule has 2 aromatic carbocycles. The molecule has 3 saturated heterocycles. The quantitative estimate of drug-likeness (QED) is 0.0426. The highest BCUT2D eigenvalue weighted by Gasteiger charge is 2.45. The van der Waals surface area contributed by atoms with Crippen molar-refractivity contribution in [2.45, 2.75) is 116 Å². The number of piperidine rings is 1. The number of rotatable bonds is 21. The highest BCUT2D eigenvalue weighted by Crippen LogP contribution is 2.38. The molecule has 7 heterocycles. The lowest BCUT2D eigenvalue weighted by Gasteiger charge is -2.43. The first-order valence-corrected chi connectivity index (χ1v) is 29.7. The van der Waals surface area contributed by atoms with E-state index in [1.54, 1.807) is 42.6 Å². The molecule has 6 N–H and O–H groups in total. The summed E-state index contributed by atoms with van der Waals surface area (Å²) in [7, 11) is 4.88. The predicted octanol–water partition coefficient (Wildman–Crippen LogP) is 6.39. The summed E-state index contributed by atoms with van der Waals surface area (Å²) >= 11 is 1.58. The summed E-state index contributed by atoms with van der Waals surface area (Å²) in [6.45, 7) is 14.4. The maximum absolute atomic E-state index is 14.2. The van der Waals surface area contributed by atoms with E-state index in [4.69, 9.17) is 9.72 Å². The van der Waals surface area contributed by atoms with Crippen LogP contribution in [0.3, 0.4) is 0 Å². The van der Waals surface area contributed by atoms with Crippen LogP contribution >= 0.6 is 11.3 Å². The number of para-hydroxylation sites is 1. The number of β-amino-alcohol motifs (C(OH)–C–C–N with tert-alkyl or cyclic N) is 1. The number of nitrogens with zero attached hydrogens (tertiary/aromatic N) is 11. The molecule has 4 atom stereocenters. The van der Waals surface area contributed by atoms with Crippen molar-refractivity contribution >= 4 is 69.6 Å². The number of aliphatic hydroxyl groups is 1. The lowest BCUT2D eigenvalue weighted by atomic mass is 9.85. The fourth-order valence-electron chi connectivity index (χ4n) is 11.2. The Morgan fingerprint density at radius 1 is 0.845 bits per heavy atom. The second kappa shape index (κ2) is 27.1. The largest absolute Gasteiger partial charge is 0.494 e. The van der Waals surface area contributed by atoms with Crippen molar-refractivity contribution in [3.05, 3.63) is 95.6 Å². The summed E-state index contributed by atoms with van der Waals surface area (Å²) in [5.41, 5.74) is 6.81. The number of hydrogen-bond acceptors (Lipinski definition) is 18. The van der Waals surface area contributed by atoms with Crippen LogP contribution in [0.5, 0.6) is 5.75 Å². The van der Waals surface area contributed by atoms with E-state index >= 15 is 0 Å². The fraction of sp³-hybridized carbons (Fsp3) is 0.483. The number of aromatic nitrogens is 7. The molecule has 84 heavy (non-hydrogen) atoms. The zero-order valence-electron chi connectivity index (χ0n) is 49.2. The van der Waals surface area contributed by atoms with Crippen LogP contribution in [0.1, 0.15) is 107 Å². The number of carbonyl (C=O) groups excluding carboxylic acids is 5. The number of thiazole rings is 1. The molecule has 0 saturated carbocycles. The smallest absolute Gasteiger partial charge is 0.273 e. The van der Waals surface area contributed by atoms with E-state index in [0.717, 1.165) is 66.4 Å². The number of ether oxygens (including phenoxy) is 1. The van der Waals surface area contributed by atoms with E-state index in [0.29, 0.717) is 85.0 Å². The molecule has 6 aromatic rings. The maximum atomic E-state index is 14.2. The van der Waals surface area contributed by atoms with Crippen molar-refractivity contribution in [1.82, 2.24) is 65.6 Å². The molecule has 3 aliphatic rings. The van der Waals surface area contributed by atoms with Crippen LogP contribution < -0.4 is 36.2 Å². The number of nitrogens with one attached hydrogen (secondary N) is 5. The monoisotopic (exact) mass is 1170 g/mol. The number of unbranched alkanes of at least 4 members (excludes halogenated alkanes) is 2. The number of amides is 5. The van der Waals surface area contributed by atoms with E-state index in [-0.39, 0.29) is 48.8 Å². The minimum atomic E-state index is -0.914. The highest BCUT2D eigenvalue weighted by molar-refractivity contribution is 7.13. The number of piperazine rings is 1. The lowest BCUT2D eigenvalue weighted by Crippen LogP contribution is -2.57. The van der Waals surface area contributed by atoms with Gasteiger partial charge in [0.05, 0.1) is 64.2 Å². The van der Waals surface area contributed by atoms with Crippen LogP contribution in [0.25, 0.3) is 21.8 Å². The van der Waals surface area contributed by atoms with Gasteiger partial charge in [0.15, 0.2) is 23.1 Å². The molecular formula is C60H78N16O7S. The summed E-state index contributed by atoms with van der Waals surface area (Å²) in [6, 6.07) is 17.4. The van der Waals surface area contributed by atoms with Crippen LogP contribution in [0.4, 0.5) is 28.7 Å². The van der Waals surface area contributed by atoms with Gasteiger partial charge in [0.25, 0.3) is 5.91 Å². The third kappa shape index (κ3) is 14.6. The Balaban J connectivity index is 0.680. The van der Waals surface area contributed by atoms with Gasteiger partial charge >= 0.3 is 0 Å². The minimum absolute atomic E-state index is 0.00328. The van der Waals surface area contributed by atoms with Crippen molar-refractivity contribution in [2.75, 3.05) is 75.5 Å². The van der Waals surface area contributed by atoms with Gasteiger partial charge in [0.2, 0.25) is 23.6 Å². The molecule has 0 bridgehead atoms. The van der Waals surface area contributed by atoms with Crippen molar-refractivity contribution in [1.29, 1.82) is 0 Å². The van der Waals surface area contributed by atoms with Crippen molar-refractivity contribution in [3.63, 3.8) is 0 Å². The second-order valence-corrected chi connectivity index (χ2v) is 23.8. The van der Waals surface area contributed by atoms with Crippen molar-refractivity contribution < 1.29 is 33.8 Å². The van der Waals surface area contributed by atoms with Crippen molar-refractivity contribution in [2.24, 2.45) is 12.5 Å². The molecule has 24 heteroatoms. The van der Waals surface area contributed by atoms with Gasteiger partial charge in [-0.05, 0) is 80.3 Å². The molecule has 0 spiro atoms. The van der Waals surface area contributed by atoms with Gasteiger partial charge in [-0.15, -0.1) is 21.5 Å². The number of aliphatic hydroxyl groups excluding tert-OH is 1. The number of likely N-dealkylation sites (tertiary alicyclic amines) is 2. The molecule has 3 fully saturated rings. The van der Waals surface area contributed by atoms with E-state index in [1.165, 1.54) is 11.9 Å². The first kappa shape index (κ1) is 60.5. The van der Waals surface area contributed by atoms with Gasteiger partial charge in [-0.1, -0.05) is 57.5 Å². The Morgan fingerprint density at radius 2 is 1.60 bits per heavy atom. The van der Waals surface area contributed by atoms with Crippen LogP contribution in [-0.4, -0.2) is 168 Å². The molecule has 2 unspecified atom stereocenters. The SMILES string of the molecule is CNC(=O)c1nnc(Nc2ccc(N3CCN(C4CCN(C(=O)CCCCCC(=O)NC(C(=O)N5C[C@H](O)CC5C(=O)N[C@@H](C)c5ccc(-c6scnc6C)cc5)C(C)(C)C)CC4)CC3)cn2)cc1Nc1cccc(-c2ncn(C)n2)c1OC. The number of aryl methyl sites for hydroxylation is 2. The molecule has 23 nitrogen and oxygen atoms in total. The summed E-state index contributed by atoms with van der Waals surface area (Å²) in [5.74, 6) is 0.614. The topological polar surface area (TPSA) is 270 Å². The molecule has 446 valence electrons. The average Bonchev–Trinajstić information content (AvgIpc) is 3.03. The van der Waals surface area contributed by atoms with Gasteiger partial charge in [-0.2, -0.15) is 5.10 Å². The van der Waals surface area contributed by atoms with Gasteiger partial charge in [0, 0.05) is 91.3 Å². The summed E-state index contributed by atoms with van der Waals surface area (Å²) in [5, 5.41) is 38.8. The van der Waals surface area contributed by atoms with E-state index in [1.807, 2.05) is 106 Å². The third-order valence-electron chi connectivity index (χ3n) is 15.9. The number of pyridine rings is 1. The average molecular weight is 1170 g/mol. The molecule has 0 radical (unpaired) electrons. The second-order valence-electron chi connectivity index (χ2n) is 22.9. The fourth-order valence-corrected chi connectivity index (χ4v) is 12.0. The molecule has 5 amide bonds. The van der Waals surface area contributed by atoms with Gasteiger partial charge in [-0.25, -0.2) is 15.0 Å². The van der Waals surface area contributed by atoms with Gasteiger partial charge in [0.1, 0.15) is 24.2 Å². The molecule has 3 aliphatic heterocycles. The Kier molecular flexibility index (Phi) is 19.5. The van der Waals surface area contributed by atoms with E-state index < -0.39 is 35.4 Å². The normalized spacial score (nSPS) is 17.6. The predicted molar refractivity (Wildman–Crippen MR) is 322 cm³/mol. The number of hydrogen-bond donors (Lipinski definition) is 6. The lowest BCUT2D eigenvalue weighted by molar-refractivity contribution is -0.144. The molecule has 4 aromatic heterocycles. The summed E-state index contributed by atoms with van der Waals surface area (Å²) in [4.78, 5) is 90.3. The summed E-state index contributed by atoms with van der Waals surface area (Å²) in [6.07, 6.45) is 7.04. The zero-order chi connectivity index (χ0) is 59.7. The highest BCUT2D eigenvalue weighted by atomic mass is 32.1. The number of benzene rings is 2. The van der Waals surface area contributed by atoms with E-state index in [2.05, 4.69) is 61.6 Å². The zero-order valence-corrected chi connectivity index (χ0v) is 50.0. The molecule has 9 rings (SSSR count). The van der Waals surface area contributed by atoms with Gasteiger partial charge < -0.3 is 51.1 Å². The van der Waals surface area contributed by atoms with Crippen LogP contribution in [0, 0.1) is 12.3 Å². The number of methoxy groups -OCH3 is 1. The Hall–Kier alpha value is -8.09. The maximum Gasteiger partial charge on any atom is 0.273 e. The minimum Gasteiger partial charge on any atom is -0.494 e. The Bertz CT molecular complexity index is 3260. The van der Waals surface area contributed by atoms with Crippen LogP contribution in [-0.2, 0) is 26.2 Å². The molecular weight excluding hydrogens is 1090 g/mol. The summed E-state index contributed by atoms with van der Waals surface area (Å²) < 4.78 is 7.39. The number of anilines is 5. The Labute approximate surface area is 494 Å². The van der Waals surface area contributed by atoms with Crippen LogP contribution in [0.15, 0.2) is 78.7 Å². The van der Waals surface area contributed by atoms with E-state index in [9.17, 15) is 29.1 Å². The first-order valence-electron chi connectivity index (χ1n) is 28.9.